The second-order valence-corrected chi connectivity index (χ2v) is 4.11. The molecule has 19 heavy (non-hydrogen) atoms. The van der Waals surface area contributed by atoms with Gasteiger partial charge in [0.15, 0.2) is 17.4 Å². The second kappa shape index (κ2) is 5.01. The number of carbonyl (C=O) groups excluding carboxylic acids is 1. The average Bonchev–Trinajstić information content (AvgIpc) is 2.36. The lowest BCUT2D eigenvalue weighted by molar-refractivity contribution is 0.103. The summed E-state index contributed by atoms with van der Waals surface area (Å²) in [6, 6.07) is 3.76. The molecule has 2 aromatic rings. The van der Waals surface area contributed by atoms with Crippen LogP contribution in [-0.4, -0.2) is 5.78 Å². The summed E-state index contributed by atoms with van der Waals surface area (Å²) in [6.07, 6.45) is 0. The number of rotatable bonds is 2. The van der Waals surface area contributed by atoms with Crippen molar-refractivity contribution in [1.82, 2.24) is 0 Å². The third-order valence-electron chi connectivity index (χ3n) is 2.44. The predicted octanol–water partition coefficient (Wildman–Crippen LogP) is 4.13. The zero-order chi connectivity index (χ0) is 14.2. The maximum Gasteiger partial charge on any atom is 0.196 e. The maximum absolute atomic E-state index is 13.4. The van der Waals surface area contributed by atoms with Gasteiger partial charge in [0.1, 0.15) is 11.6 Å². The molecule has 0 heterocycles. The number of ketones is 1. The van der Waals surface area contributed by atoms with Gasteiger partial charge in [-0.15, -0.1) is 0 Å². The van der Waals surface area contributed by atoms with Crippen molar-refractivity contribution in [3.8, 4) is 0 Å². The molecule has 98 valence electrons. The number of hydrogen-bond donors (Lipinski definition) is 0. The smallest absolute Gasteiger partial charge is 0.196 e. The molecule has 0 aliphatic carbocycles. The molecule has 0 aliphatic rings. The Kier molecular flexibility index (Phi) is 3.57. The van der Waals surface area contributed by atoms with Crippen molar-refractivity contribution in [3.63, 3.8) is 0 Å². The number of halogens is 5. The van der Waals surface area contributed by atoms with Gasteiger partial charge < -0.3 is 0 Å². The minimum atomic E-state index is -1.41. The van der Waals surface area contributed by atoms with Crippen molar-refractivity contribution in [1.29, 1.82) is 0 Å². The first-order chi connectivity index (χ1) is 8.90. The molecule has 1 nitrogen and oxygen atoms in total. The summed E-state index contributed by atoms with van der Waals surface area (Å²) in [6.45, 7) is 0. The van der Waals surface area contributed by atoms with E-state index < -0.39 is 34.6 Å². The maximum atomic E-state index is 13.4. The van der Waals surface area contributed by atoms with Crippen LogP contribution in [0.15, 0.2) is 30.3 Å². The van der Waals surface area contributed by atoms with Crippen LogP contribution < -0.4 is 0 Å². The van der Waals surface area contributed by atoms with Crippen molar-refractivity contribution in [2.24, 2.45) is 0 Å². The van der Waals surface area contributed by atoms with E-state index >= 15 is 0 Å². The SMILES string of the molecule is O=C(c1ccc(Cl)c(F)c1)c1cc(F)c(F)cc1F. The van der Waals surface area contributed by atoms with Gasteiger partial charge in [0, 0.05) is 11.6 Å². The lowest BCUT2D eigenvalue weighted by atomic mass is 10.0. The molecule has 0 saturated carbocycles. The Labute approximate surface area is 110 Å². The standard InChI is InChI=1S/C13H5ClF4O/c14-8-2-1-6(3-10(8)16)13(19)7-4-11(17)12(18)5-9(7)15/h1-5H. The molecule has 0 spiro atoms. The van der Waals surface area contributed by atoms with Gasteiger partial charge in [0.05, 0.1) is 10.6 Å². The van der Waals surface area contributed by atoms with E-state index in [-0.39, 0.29) is 16.7 Å². The highest BCUT2D eigenvalue weighted by atomic mass is 35.5. The van der Waals surface area contributed by atoms with Crippen molar-refractivity contribution in [2.75, 3.05) is 0 Å². The molecule has 0 unspecified atom stereocenters. The lowest BCUT2D eigenvalue weighted by Crippen LogP contribution is -2.06. The summed E-state index contributed by atoms with van der Waals surface area (Å²) >= 11 is 5.44. The lowest BCUT2D eigenvalue weighted by Gasteiger charge is -2.04. The zero-order valence-electron chi connectivity index (χ0n) is 9.18. The summed E-state index contributed by atoms with van der Waals surface area (Å²) in [5.41, 5.74) is -0.896. The molecule has 0 fully saturated rings. The van der Waals surface area contributed by atoms with Crippen LogP contribution in [-0.2, 0) is 0 Å². The summed E-state index contributed by atoms with van der Waals surface area (Å²) in [7, 11) is 0. The van der Waals surface area contributed by atoms with E-state index in [2.05, 4.69) is 0 Å². The largest absolute Gasteiger partial charge is 0.288 e. The van der Waals surface area contributed by atoms with Gasteiger partial charge in [0.2, 0.25) is 0 Å². The van der Waals surface area contributed by atoms with Crippen molar-refractivity contribution < 1.29 is 22.4 Å². The Hall–Kier alpha value is -1.88. The first-order valence-corrected chi connectivity index (χ1v) is 5.42. The summed E-state index contributed by atoms with van der Waals surface area (Å²) in [5, 5.41) is -0.206. The van der Waals surface area contributed by atoms with Gasteiger partial charge in [-0.25, -0.2) is 17.6 Å². The molecule has 0 bridgehead atoms. The molecule has 0 radical (unpaired) electrons. The third-order valence-corrected chi connectivity index (χ3v) is 2.74. The zero-order valence-corrected chi connectivity index (χ0v) is 9.94. The van der Waals surface area contributed by atoms with Gasteiger partial charge in [-0.1, -0.05) is 11.6 Å². The van der Waals surface area contributed by atoms with Crippen LogP contribution in [0.25, 0.3) is 0 Å². The third kappa shape index (κ3) is 2.61. The minimum absolute atomic E-state index is 0.206. The summed E-state index contributed by atoms with van der Waals surface area (Å²) < 4.78 is 52.3. The van der Waals surface area contributed by atoms with Crippen LogP contribution in [0.3, 0.4) is 0 Å². The number of carbonyl (C=O) groups is 1. The molecule has 6 heteroatoms. The fraction of sp³-hybridized carbons (Fsp3) is 0. The highest BCUT2D eigenvalue weighted by Gasteiger charge is 2.18. The highest BCUT2D eigenvalue weighted by molar-refractivity contribution is 6.30. The Morgan fingerprint density at radius 2 is 1.47 bits per heavy atom. The average molecular weight is 289 g/mol. The van der Waals surface area contributed by atoms with E-state index in [9.17, 15) is 22.4 Å². The van der Waals surface area contributed by atoms with E-state index in [1.54, 1.807) is 0 Å². The molecule has 0 aliphatic heterocycles. The quantitative estimate of drug-likeness (QED) is 0.461. The normalized spacial score (nSPS) is 10.6. The topological polar surface area (TPSA) is 17.1 Å². The van der Waals surface area contributed by atoms with Gasteiger partial charge in [-0.05, 0) is 24.3 Å². The predicted molar refractivity (Wildman–Crippen MR) is 61.2 cm³/mol. The number of benzene rings is 2. The van der Waals surface area contributed by atoms with Crippen LogP contribution in [0, 0.1) is 23.3 Å². The van der Waals surface area contributed by atoms with Gasteiger partial charge >= 0.3 is 0 Å². The Morgan fingerprint density at radius 1 is 0.842 bits per heavy atom. The van der Waals surface area contributed by atoms with Crippen LogP contribution in [0.2, 0.25) is 5.02 Å². The fourth-order valence-corrected chi connectivity index (χ4v) is 1.61. The van der Waals surface area contributed by atoms with Gasteiger partial charge in [-0.2, -0.15) is 0 Å². The van der Waals surface area contributed by atoms with E-state index in [0.717, 1.165) is 18.2 Å². The van der Waals surface area contributed by atoms with Crippen molar-refractivity contribution in [2.45, 2.75) is 0 Å². The molecular formula is C13H5ClF4O. The molecule has 0 amide bonds. The molecule has 0 atom stereocenters. The van der Waals surface area contributed by atoms with Crippen LogP contribution in [0.1, 0.15) is 15.9 Å². The first kappa shape index (κ1) is 13.5. The number of hydrogen-bond acceptors (Lipinski definition) is 1. The van der Waals surface area contributed by atoms with Gasteiger partial charge in [0.25, 0.3) is 0 Å². The minimum Gasteiger partial charge on any atom is -0.288 e. The van der Waals surface area contributed by atoms with E-state index in [1.165, 1.54) is 0 Å². The van der Waals surface area contributed by atoms with Crippen LogP contribution >= 0.6 is 11.6 Å². The first-order valence-electron chi connectivity index (χ1n) is 5.04. The Balaban J connectivity index is 2.49. The van der Waals surface area contributed by atoms with Gasteiger partial charge in [-0.3, -0.25) is 4.79 Å². The summed E-state index contributed by atoms with van der Waals surface area (Å²) in [4.78, 5) is 11.9. The second-order valence-electron chi connectivity index (χ2n) is 3.70. The van der Waals surface area contributed by atoms with Crippen LogP contribution in [0.4, 0.5) is 17.6 Å². The van der Waals surface area contributed by atoms with Crippen molar-refractivity contribution in [3.05, 3.63) is 69.8 Å². The molecule has 0 saturated heterocycles. The Morgan fingerprint density at radius 3 is 2.11 bits per heavy atom. The highest BCUT2D eigenvalue weighted by Crippen LogP contribution is 2.21. The van der Waals surface area contributed by atoms with Crippen molar-refractivity contribution >= 4 is 17.4 Å². The molecule has 2 rings (SSSR count). The molecular weight excluding hydrogens is 284 g/mol. The van der Waals surface area contributed by atoms with E-state index in [4.69, 9.17) is 11.6 Å². The van der Waals surface area contributed by atoms with Crippen LogP contribution in [0.5, 0.6) is 0 Å². The monoisotopic (exact) mass is 288 g/mol. The fourth-order valence-electron chi connectivity index (χ4n) is 1.49. The summed E-state index contributed by atoms with van der Waals surface area (Å²) in [5.74, 6) is -5.82. The molecule has 0 aromatic heterocycles. The molecule has 0 N–H and O–H groups in total. The molecule has 2 aromatic carbocycles. The van der Waals surface area contributed by atoms with E-state index in [1.807, 2.05) is 0 Å². The van der Waals surface area contributed by atoms with E-state index in [0.29, 0.717) is 6.07 Å². The Bertz CT molecular complexity index is 670.